The van der Waals surface area contributed by atoms with Crippen LogP contribution in [0.1, 0.15) is 48.9 Å². The number of likely N-dealkylation sites (tertiary alicyclic amines) is 1. The number of piperidine rings is 1. The molecule has 19 heavy (non-hydrogen) atoms. The minimum absolute atomic E-state index is 0.794. The van der Waals surface area contributed by atoms with Gasteiger partial charge in [-0.15, -0.1) is 0 Å². The molecular weight excluding hydrogens is 230 g/mol. The van der Waals surface area contributed by atoms with Crippen LogP contribution in [0.3, 0.4) is 0 Å². The van der Waals surface area contributed by atoms with Gasteiger partial charge in [-0.3, -0.25) is 0 Å². The van der Waals surface area contributed by atoms with E-state index in [0.29, 0.717) is 0 Å². The second-order valence-electron chi connectivity index (χ2n) is 6.07. The quantitative estimate of drug-likeness (QED) is 0.767. The van der Waals surface area contributed by atoms with Crippen molar-refractivity contribution in [1.82, 2.24) is 4.90 Å². The Labute approximate surface area is 118 Å². The summed E-state index contributed by atoms with van der Waals surface area (Å²) in [6.45, 7) is 15.7. The Morgan fingerprint density at radius 1 is 1.37 bits per heavy atom. The van der Waals surface area contributed by atoms with Crippen LogP contribution in [0.25, 0.3) is 5.70 Å². The highest BCUT2D eigenvalue weighted by atomic mass is 15.1. The van der Waals surface area contributed by atoms with Gasteiger partial charge in [0.2, 0.25) is 0 Å². The second kappa shape index (κ2) is 5.81. The Morgan fingerprint density at radius 3 is 2.74 bits per heavy atom. The lowest BCUT2D eigenvalue weighted by atomic mass is 9.94. The number of nitrogens with zero attached hydrogens (tertiary/aromatic N) is 1. The van der Waals surface area contributed by atoms with Crippen molar-refractivity contribution in [3.05, 3.63) is 41.0 Å². The van der Waals surface area contributed by atoms with Crippen molar-refractivity contribution in [2.24, 2.45) is 5.92 Å². The van der Waals surface area contributed by atoms with Crippen molar-refractivity contribution in [3.63, 3.8) is 0 Å². The summed E-state index contributed by atoms with van der Waals surface area (Å²) in [6.07, 6.45) is 3.76. The third kappa shape index (κ3) is 3.02. The van der Waals surface area contributed by atoms with Crippen molar-refractivity contribution in [2.75, 3.05) is 13.1 Å². The normalized spacial score (nSPS) is 19.6. The molecule has 1 unspecified atom stereocenters. The van der Waals surface area contributed by atoms with E-state index in [0.717, 1.165) is 25.4 Å². The van der Waals surface area contributed by atoms with E-state index in [-0.39, 0.29) is 0 Å². The summed E-state index contributed by atoms with van der Waals surface area (Å²) >= 11 is 0. The lowest BCUT2D eigenvalue weighted by Crippen LogP contribution is -2.32. The Bertz CT molecular complexity index is 473. The summed E-state index contributed by atoms with van der Waals surface area (Å²) < 4.78 is 0. The van der Waals surface area contributed by atoms with Gasteiger partial charge in [-0.1, -0.05) is 20.4 Å². The zero-order valence-corrected chi connectivity index (χ0v) is 12.9. The van der Waals surface area contributed by atoms with E-state index in [9.17, 15) is 0 Å². The number of rotatable bonds is 3. The number of hydrogen-bond acceptors (Lipinski definition) is 1. The molecule has 1 fully saturated rings. The molecule has 1 aliphatic rings. The second-order valence-corrected chi connectivity index (χ2v) is 6.07. The standard InChI is InChI=1S/C18H27N/c1-6-17-11-18(10-14(3)15(17)4)16(5)19-9-7-8-13(2)12-19/h10-11,13H,5-9,12H2,1-4H3. The maximum atomic E-state index is 4.36. The summed E-state index contributed by atoms with van der Waals surface area (Å²) in [6, 6.07) is 4.64. The molecule has 1 heterocycles. The molecule has 1 nitrogen and oxygen atoms in total. The van der Waals surface area contributed by atoms with Crippen LogP contribution in [-0.4, -0.2) is 18.0 Å². The van der Waals surface area contributed by atoms with Gasteiger partial charge in [0, 0.05) is 18.8 Å². The van der Waals surface area contributed by atoms with Crippen LogP contribution in [0.5, 0.6) is 0 Å². The van der Waals surface area contributed by atoms with E-state index in [1.165, 1.54) is 40.8 Å². The molecule has 0 N–H and O–H groups in total. The maximum absolute atomic E-state index is 4.36. The van der Waals surface area contributed by atoms with Crippen molar-refractivity contribution in [3.8, 4) is 0 Å². The fraction of sp³-hybridized carbons (Fsp3) is 0.556. The minimum Gasteiger partial charge on any atom is -0.371 e. The molecule has 2 rings (SSSR count). The Hall–Kier alpha value is -1.24. The van der Waals surface area contributed by atoms with E-state index >= 15 is 0 Å². The van der Waals surface area contributed by atoms with Gasteiger partial charge in [-0.05, 0) is 73.4 Å². The largest absolute Gasteiger partial charge is 0.371 e. The molecular formula is C18H27N. The molecule has 1 aromatic rings. The predicted octanol–water partition coefficient (Wildman–Crippen LogP) is 4.57. The van der Waals surface area contributed by atoms with Crippen LogP contribution < -0.4 is 0 Å². The first-order valence-electron chi connectivity index (χ1n) is 7.57. The highest BCUT2D eigenvalue weighted by Crippen LogP contribution is 2.27. The fourth-order valence-corrected chi connectivity index (χ4v) is 3.08. The molecule has 1 saturated heterocycles. The number of benzene rings is 1. The molecule has 1 atom stereocenters. The zero-order valence-electron chi connectivity index (χ0n) is 12.9. The molecule has 0 bridgehead atoms. The van der Waals surface area contributed by atoms with E-state index in [2.05, 4.69) is 51.3 Å². The van der Waals surface area contributed by atoms with E-state index in [1.54, 1.807) is 0 Å². The lowest BCUT2D eigenvalue weighted by molar-refractivity contribution is 0.261. The molecule has 1 heteroatoms. The van der Waals surface area contributed by atoms with E-state index in [1.807, 2.05) is 0 Å². The first-order valence-corrected chi connectivity index (χ1v) is 7.57. The fourth-order valence-electron chi connectivity index (χ4n) is 3.08. The molecule has 104 valence electrons. The van der Waals surface area contributed by atoms with Crippen LogP contribution in [0.2, 0.25) is 0 Å². The molecule has 0 aromatic heterocycles. The van der Waals surface area contributed by atoms with Crippen molar-refractivity contribution >= 4 is 5.70 Å². The molecule has 0 amide bonds. The van der Waals surface area contributed by atoms with Gasteiger partial charge in [-0.25, -0.2) is 0 Å². The summed E-state index contributed by atoms with van der Waals surface area (Å²) in [5.41, 5.74) is 6.81. The highest BCUT2D eigenvalue weighted by molar-refractivity contribution is 5.64. The van der Waals surface area contributed by atoms with Crippen molar-refractivity contribution in [1.29, 1.82) is 0 Å². The van der Waals surface area contributed by atoms with E-state index < -0.39 is 0 Å². The van der Waals surface area contributed by atoms with Gasteiger partial charge in [0.25, 0.3) is 0 Å². The van der Waals surface area contributed by atoms with Crippen LogP contribution in [0, 0.1) is 19.8 Å². The minimum atomic E-state index is 0.794. The molecule has 1 aliphatic heterocycles. The molecule has 1 aromatic carbocycles. The van der Waals surface area contributed by atoms with Crippen LogP contribution in [-0.2, 0) is 6.42 Å². The van der Waals surface area contributed by atoms with Crippen molar-refractivity contribution < 1.29 is 0 Å². The van der Waals surface area contributed by atoms with Crippen LogP contribution >= 0.6 is 0 Å². The average molecular weight is 257 g/mol. The third-order valence-electron chi connectivity index (χ3n) is 4.53. The SMILES string of the molecule is C=C(c1cc(C)c(C)c(CC)c1)N1CCCC(C)C1. The number of hydrogen-bond donors (Lipinski definition) is 0. The van der Waals surface area contributed by atoms with Gasteiger partial charge in [0.05, 0.1) is 0 Å². The Morgan fingerprint density at radius 2 is 2.11 bits per heavy atom. The highest BCUT2D eigenvalue weighted by Gasteiger charge is 2.18. The van der Waals surface area contributed by atoms with Gasteiger partial charge in [-0.2, -0.15) is 0 Å². The summed E-state index contributed by atoms with van der Waals surface area (Å²) in [4.78, 5) is 2.47. The van der Waals surface area contributed by atoms with Gasteiger partial charge in [0.15, 0.2) is 0 Å². The molecule has 0 aliphatic carbocycles. The predicted molar refractivity (Wildman–Crippen MR) is 84.3 cm³/mol. The monoisotopic (exact) mass is 257 g/mol. The number of aryl methyl sites for hydroxylation is 2. The van der Waals surface area contributed by atoms with E-state index in [4.69, 9.17) is 0 Å². The summed E-state index contributed by atoms with van der Waals surface area (Å²) in [7, 11) is 0. The van der Waals surface area contributed by atoms with Gasteiger partial charge < -0.3 is 4.90 Å². The van der Waals surface area contributed by atoms with Gasteiger partial charge >= 0.3 is 0 Å². The molecule has 0 spiro atoms. The van der Waals surface area contributed by atoms with Crippen LogP contribution in [0.15, 0.2) is 18.7 Å². The topological polar surface area (TPSA) is 3.24 Å². The summed E-state index contributed by atoms with van der Waals surface area (Å²) in [5, 5.41) is 0. The average Bonchev–Trinajstić information content (AvgIpc) is 2.41. The molecule has 0 saturated carbocycles. The van der Waals surface area contributed by atoms with Crippen LogP contribution in [0.4, 0.5) is 0 Å². The Balaban J connectivity index is 2.26. The summed E-state index contributed by atoms with van der Waals surface area (Å²) in [5.74, 6) is 0.794. The molecule has 0 radical (unpaired) electrons. The smallest absolute Gasteiger partial charge is 0.0367 e. The maximum Gasteiger partial charge on any atom is 0.0367 e. The zero-order chi connectivity index (χ0) is 14.0. The first-order chi connectivity index (χ1) is 9.02. The first kappa shape index (κ1) is 14.2. The third-order valence-corrected chi connectivity index (χ3v) is 4.53. The van der Waals surface area contributed by atoms with Gasteiger partial charge in [0.1, 0.15) is 0 Å². The lowest BCUT2D eigenvalue weighted by Gasteiger charge is -2.34. The van der Waals surface area contributed by atoms with Crippen molar-refractivity contribution in [2.45, 2.75) is 47.0 Å². The Kier molecular flexibility index (Phi) is 4.34.